The Bertz CT molecular complexity index is 494. The van der Waals surface area contributed by atoms with Crippen molar-refractivity contribution in [2.45, 2.75) is 40.5 Å². The normalized spacial score (nSPS) is 19.7. The molecule has 6 nitrogen and oxygen atoms in total. The number of nitrogens with zero attached hydrogens (tertiary/aromatic N) is 3. The van der Waals surface area contributed by atoms with Crippen LogP contribution < -0.4 is 10.6 Å². The van der Waals surface area contributed by atoms with Crippen LogP contribution in [0, 0.1) is 25.2 Å². The van der Waals surface area contributed by atoms with E-state index in [1.165, 1.54) is 0 Å². The average molecular weight is 277 g/mol. The summed E-state index contributed by atoms with van der Waals surface area (Å²) >= 11 is 0. The van der Waals surface area contributed by atoms with Gasteiger partial charge in [0, 0.05) is 5.41 Å². The molecule has 0 aliphatic carbocycles. The Labute approximate surface area is 119 Å². The minimum Gasteiger partial charge on any atom is -0.316 e. The van der Waals surface area contributed by atoms with Crippen LogP contribution in [0.25, 0.3) is 0 Å². The van der Waals surface area contributed by atoms with Crippen molar-refractivity contribution in [3.63, 3.8) is 0 Å². The zero-order valence-electron chi connectivity index (χ0n) is 12.7. The average Bonchev–Trinajstić information content (AvgIpc) is 2.44. The number of carbonyl (C=O) groups is 1. The lowest BCUT2D eigenvalue weighted by atomic mass is 9.74. The van der Waals surface area contributed by atoms with Crippen molar-refractivity contribution in [3.05, 3.63) is 11.4 Å². The fourth-order valence-corrected chi connectivity index (χ4v) is 2.43. The van der Waals surface area contributed by atoms with Crippen LogP contribution >= 0.6 is 0 Å². The highest BCUT2D eigenvalue weighted by atomic mass is 16.2. The van der Waals surface area contributed by atoms with E-state index >= 15 is 0 Å². The molecule has 20 heavy (non-hydrogen) atoms. The van der Waals surface area contributed by atoms with Crippen LogP contribution in [0.1, 0.15) is 38.1 Å². The number of carbonyl (C=O) groups excluding carboxylic acids is 1. The van der Waals surface area contributed by atoms with Gasteiger partial charge in [0.2, 0.25) is 11.9 Å². The monoisotopic (exact) mass is 277 g/mol. The molecule has 2 N–H and O–H groups in total. The number of aromatic nitrogens is 3. The third-order valence-electron chi connectivity index (χ3n) is 4.22. The lowest BCUT2D eigenvalue weighted by Gasteiger charge is -2.35. The van der Waals surface area contributed by atoms with E-state index in [9.17, 15) is 4.79 Å². The summed E-state index contributed by atoms with van der Waals surface area (Å²) in [5.74, 6) is 0.571. The van der Waals surface area contributed by atoms with Crippen molar-refractivity contribution in [3.8, 4) is 0 Å². The first-order chi connectivity index (χ1) is 9.41. The van der Waals surface area contributed by atoms with E-state index in [1.807, 2.05) is 27.7 Å². The molecule has 1 aromatic heterocycles. The summed E-state index contributed by atoms with van der Waals surface area (Å²) < 4.78 is 0. The summed E-state index contributed by atoms with van der Waals surface area (Å²) in [6.07, 6.45) is 2.18. The number of hydrogen-bond donors (Lipinski definition) is 2. The Balaban J connectivity index is 2.07. The highest BCUT2D eigenvalue weighted by Gasteiger charge is 2.37. The van der Waals surface area contributed by atoms with Gasteiger partial charge < -0.3 is 5.32 Å². The number of anilines is 1. The van der Waals surface area contributed by atoms with Crippen molar-refractivity contribution < 1.29 is 4.79 Å². The van der Waals surface area contributed by atoms with E-state index in [-0.39, 0.29) is 11.9 Å². The van der Waals surface area contributed by atoms with Crippen molar-refractivity contribution in [2.24, 2.45) is 11.3 Å². The zero-order chi connectivity index (χ0) is 14.8. The largest absolute Gasteiger partial charge is 0.316 e. The number of nitrogens with one attached hydrogen (secondary N) is 2. The van der Waals surface area contributed by atoms with Crippen molar-refractivity contribution in [1.29, 1.82) is 0 Å². The van der Waals surface area contributed by atoms with Gasteiger partial charge in [-0.25, -0.2) is 4.98 Å². The van der Waals surface area contributed by atoms with E-state index in [0.29, 0.717) is 5.92 Å². The molecule has 0 aromatic carbocycles. The molecule has 1 atom stereocenters. The Kier molecular flexibility index (Phi) is 4.32. The summed E-state index contributed by atoms with van der Waals surface area (Å²) in [7, 11) is 0. The molecule has 0 spiro atoms. The minimum absolute atomic E-state index is 0.0451. The second-order valence-electron chi connectivity index (χ2n) is 6.03. The number of rotatable bonds is 3. The van der Waals surface area contributed by atoms with Gasteiger partial charge in [-0.15, -0.1) is 5.10 Å². The molecule has 1 aliphatic heterocycles. The van der Waals surface area contributed by atoms with Gasteiger partial charge in [0.1, 0.15) is 0 Å². The maximum atomic E-state index is 12.5. The molecule has 110 valence electrons. The highest BCUT2D eigenvalue weighted by Crippen LogP contribution is 2.32. The van der Waals surface area contributed by atoms with Crippen molar-refractivity contribution in [1.82, 2.24) is 20.5 Å². The smallest absolute Gasteiger partial charge is 0.249 e. The first-order valence-corrected chi connectivity index (χ1v) is 7.11. The molecule has 1 saturated heterocycles. The van der Waals surface area contributed by atoms with E-state index < -0.39 is 5.41 Å². The van der Waals surface area contributed by atoms with Gasteiger partial charge in [0.25, 0.3) is 0 Å². The molecule has 2 rings (SSSR count). The quantitative estimate of drug-likeness (QED) is 0.874. The topological polar surface area (TPSA) is 79.8 Å². The van der Waals surface area contributed by atoms with Crippen LogP contribution in [-0.2, 0) is 4.79 Å². The molecule has 6 heteroatoms. The Morgan fingerprint density at radius 3 is 2.65 bits per heavy atom. The van der Waals surface area contributed by atoms with E-state index in [2.05, 4.69) is 25.8 Å². The maximum absolute atomic E-state index is 12.5. The van der Waals surface area contributed by atoms with Crippen LogP contribution in [0.5, 0.6) is 0 Å². The van der Waals surface area contributed by atoms with Crippen LogP contribution in [0.4, 0.5) is 5.95 Å². The summed E-state index contributed by atoms with van der Waals surface area (Å²) in [5, 5.41) is 14.1. The van der Waals surface area contributed by atoms with Crippen LogP contribution in [-0.4, -0.2) is 34.2 Å². The SMILES string of the molecule is Cc1nnc(NC(=O)C(C)(C)C2CCCNC2)nc1C. The number of aryl methyl sites for hydroxylation is 2. The number of hydrogen-bond acceptors (Lipinski definition) is 5. The molecule has 2 heterocycles. The molecule has 0 radical (unpaired) electrons. The van der Waals surface area contributed by atoms with Crippen LogP contribution in [0.2, 0.25) is 0 Å². The third-order valence-corrected chi connectivity index (χ3v) is 4.22. The molecular formula is C14H23N5O. The van der Waals surface area contributed by atoms with Gasteiger partial charge in [0.15, 0.2) is 0 Å². The second kappa shape index (κ2) is 5.83. The Morgan fingerprint density at radius 1 is 1.30 bits per heavy atom. The summed E-state index contributed by atoms with van der Waals surface area (Å²) in [4.78, 5) is 16.7. The molecular weight excluding hydrogens is 254 g/mol. The van der Waals surface area contributed by atoms with Gasteiger partial charge in [-0.2, -0.15) is 5.10 Å². The zero-order valence-corrected chi connectivity index (χ0v) is 12.7. The molecule has 1 aliphatic rings. The van der Waals surface area contributed by atoms with Gasteiger partial charge >= 0.3 is 0 Å². The Hall–Kier alpha value is -1.56. The second-order valence-corrected chi connectivity index (χ2v) is 6.03. The number of piperidine rings is 1. The predicted molar refractivity (Wildman–Crippen MR) is 77.3 cm³/mol. The molecule has 1 aromatic rings. The van der Waals surface area contributed by atoms with Gasteiger partial charge in [-0.1, -0.05) is 13.8 Å². The minimum atomic E-state index is -0.449. The van der Waals surface area contributed by atoms with E-state index in [0.717, 1.165) is 37.3 Å². The van der Waals surface area contributed by atoms with Crippen LogP contribution in [0.3, 0.4) is 0 Å². The molecule has 1 fully saturated rings. The first-order valence-electron chi connectivity index (χ1n) is 7.11. The predicted octanol–water partition coefficient (Wildman–Crippen LogP) is 1.45. The summed E-state index contributed by atoms with van der Waals surface area (Å²) in [6.45, 7) is 9.59. The molecule has 0 bridgehead atoms. The first kappa shape index (κ1) is 14.8. The third kappa shape index (κ3) is 3.12. The highest BCUT2D eigenvalue weighted by molar-refractivity contribution is 5.93. The standard InChI is InChI=1S/C14H23N5O/c1-9-10(2)18-19-13(16-9)17-12(20)14(3,4)11-6-5-7-15-8-11/h11,15H,5-8H2,1-4H3,(H,16,17,19,20). The van der Waals surface area contributed by atoms with Crippen molar-refractivity contribution in [2.75, 3.05) is 18.4 Å². The van der Waals surface area contributed by atoms with E-state index in [4.69, 9.17) is 0 Å². The molecule has 1 unspecified atom stereocenters. The van der Waals surface area contributed by atoms with Gasteiger partial charge in [-0.05, 0) is 45.7 Å². The van der Waals surface area contributed by atoms with E-state index in [1.54, 1.807) is 0 Å². The maximum Gasteiger partial charge on any atom is 0.249 e. The van der Waals surface area contributed by atoms with Crippen molar-refractivity contribution >= 4 is 11.9 Å². The summed E-state index contributed by atoms with van der Waals surface area (Å²) in [6, 6.07) is 0. The Morgan fingerprint density at radius 2 is 2.05 bits per heavy atom. The molecule has 1 amide bonds. The lowest BCUT2D eigenvalue weighted by molar-refractivity contribution is -0.127. The van der Waals surface area contributed by atoms with Gasteiger partial charge in [0.05, 0.1) is 11.4 Å². The van der Waals surface area contributed by atoms with Crippen LogP contribution in [0.15, 0.2) is 0 Å². The van der Waals surface area contributed by atoms with Gasteiger partial charge in [-0.3, -0.25) is 10.1 Å². The fourth-order valence-electron chi connectivity index (χ4n) is 2.43. The molecule has 0 saturated carbocycles. The fraction of sp³-hybridized carbons (Fsp3) is 0.714. The lowest BCUT2D eigenvalue weighted by Crippen LogP contribution is -2.45. The summed E-state index contributed by atoms with van der Waals surface area (Å²) in [5.41, 5.74) is 1.11. The number of amides is 1.